The number of nitrogens with zero attached hydrogens (tertiary/aromatic N) is 1. The normalized spacial score (nSPS) is 11.6. The minimum atomic E-state index is -5.55. The van der Waals surface area contributed by atoms with Gasteiger partial charge in [-0.1, -0.05) is 12.1 Å². The molecule has 0 heterocycles. The van der Waals surface area contributed by atoms with Crippen LogP contribution in [-0.4, -0.2) is 6.98 Å². The summed E-state index contributed by atoms with van der Waals surface area (Å²) in [5.41, 5.74) is -3.56. The molecule has 1 rings (SSSR count). The molecule has 0 saturated heterocycles. The Morgan fingerprint density at radius 3 is 1.94 bits per heavy atom. The van der Waals surface area contributed by atoms with E-state index in [2.05, 4.69) is 0 Å². The van der Waals surface area contributed by atoms with Crippen LogP contribution in [0.25, 0.3) is 0 Å². The number of nitriles is 1. The average Bonchev–Trinajstić information content (AvgIpc) is 2.14. The Morgan fingerprint density at radius 1 is 1.06 bits per heavy atom. The molecular formula is C8H3BF6KN. The molecule has 0 aromatic heterocycles. The first kappa shape index (κ1) is 17.0. The van der Waals surface area contributed by atoms with Crippen LogP contribution in [0.2, 0.25) is 0 Å². The van der Waals surface area contributed by atoms with Crippen LogP contribution < -0.4 is 56.8 Å². The monoisotopic (exact) mass is 277 g/mol. The van der Waals surface area contributed by atoms with E-state index in [1.165, 1.54) is 6.07 Å². The van der Waals surface area contributed by atoms with Gasteiger partial charge in [0.15, 0.2) is 0 Å². The van der Waals surface area contributed by atoms with E-state index in [1.54, 1.807) is 0 Å². The fourth-order valence-corrected chi connectivity index (χ4v) is 1.07. The average molecular weight is 277 g/mol. The van der Waals surface area contributed by atoms with Crippen LogP contribution in [0.5, 0.6) is 0 Å². The fourth-order valence-electron chi connectivity index (χ4n) is 1.07. The summed E-state index contributed by atoms with van der Waals surface area (Å²) in [4.78, 5) is 0. The molecule has 1 aromatic carbocycles. The van der Waals surface area contributed by atoms with Gasteiger partial charge in [0, 0.05) is 5.56 Å². The number of benzene rings is 1. The van der Waals surface area contributed by atoms with Crippen LogP contribution in [0.3, 0.4) is 0 Å². The molecule has 0 fully saturated rings. The van der Waals surface area contributed by atoms with Crippen LogP contribution in [0.4, 0.5) is 26.1 Å². The summed E-state index contributed by atoms with van der Waals surface area (Å²) in [6, 6.07) is 2.04. The van der Waals surface area contributed by atoms with Crippen molar-refractivity contribution in [3.63, 3.8) is 0 Å². The Kier molecular flexibility index (Phi) is 5.75. The largest absolute Gasteiger partial charge is 1.00 e. The fraction of sp³-hybridized carbons (Fsp3) is 0.125. The topological polar surface area (TPSA) is 23.8 Å². The molecule has 9 heteroatoms. The van der Waals surface area contributed by atoms with Crippen LogP contribution in [-0.2, 0) is 6.18 Å². The third kappa shape index (κ3) is 4.63. The van der Waals surface area contributed by atoms with E-state index in [0.29, 0.717) is 12.1 Å². The molecule has 0 aliphatic rings. The zero-order valence-corrected chi connectivity index (χ0v) is 11.6. The molecule has 1 aromatic rings. The molecule has 0 spiro atoms. The molecule has 0 aliphatic heterocycles. The van der Waals surface area contributed by atoms with Gasteiger partial charge in [0.2, 0.25) is 0 Å². The number of hydrogen-bond acceptors (Lipinski definition) is 1. The second kappa shape index (κ2) is 5.75. The van der Waals surface area contributed by atoms with Gasteiger partial charge in [-0.2, -0.15) is 18.4 Å². The summed E-state index contributed by atoms with van der Waals surface area (Å²) in [7, 11) is 0. The van der Waals surface area contributed by atoms with E-state index in [9.17, 15) is 26.1 Å². The van der Waals surface area contributed by atoms with Gasteiger partial charge in [-0.3, -0.25) is 0 Å². The van der Waals surface area contributed by atoms with Gasteiger partial charge in [-0.15, -0.1) is 5.46 Å². The number of alkyl halides is 3. The van der Waals surface area contributed by atoms with Gasteiger partial charge < -0.3 is 12.9 Å². The Balaban J connectivity index is 0.00000256. The molecule has 17 heavy (non-hydrogen) atoms. The van der Waals surface area contributed by atoms with Gasteiger partial charge in [0.05, 0.1) is 11.6 Å². The zero-order chi connectivity index (χ0) is 12.6. The molecule has 0 bridgehead atoms. The molecule has 86 valence electrons. The molecule has 0 unspecified atom stereocenters. The van der Waals surface area contributed by atoms with E-state index in [0.717, 1.165) is 0 Å². The first-order valence-electron chi connectivity index (χ1n) is 3.97. The second-order valence-corrected chi connectivity index (χ2v) is 3.03. The molecule has 0 atom stereocenters. The maximum absolute atomic E-state index is 12.3. The van der Waals surface area contributed by atoms with Gasteiger partial charge in [0.25, 0.3) is 0 Å². The van der Waals surface area contributed by atoms with Crippen molar-refractivity contribution >= 4 is 12.4 Å². The Labute approximate surface area is 135 Å². The number of halogens is 6. The molecular weight excluding hydrogens is 274 g/mol. The van der Waals surface area contributed by atoms with Crippen molar-refractivity contribution in [1.29, 1.82) is 5.26 Å². The van der Waals surface area contributed by atoms with Crippen LogP contribution in [0.15, 0.2) is 18.2 Å². The number of rotatable bonds is 1. The molecule has 0 N–H and O–H groups in total. The summed E-state index contributed by atoms with van der Waals surface area (Å²) >= 11 is 0. The van der Waals surface area contributed by atoms with Crippen molar-refractivity contribution in [3.8, 4) is 6.07 Å². The summed E-state index contributed by atoms with van der Waals surface area (Å²) in [5.74, 6) is 0. The zero-order valence-electron chi connectivity index (χ0n) is 8.52. The van der Waals surface area contributed by atoms with E-state index < -0.39 is 29.7 Å². The second-order valence-electron chi connectivity index (χ2n) is 3.03. The van der Waals surface area contributed by atoms with Crippen molar-refractivity contribution in [2.75, 3.05) is 0 Å². The smallest absolute Gasteiger partial charge is 0.445 e. The van der Waals surface area contributed by atoms with E-state index in [1.807, 2.05) is 0 Å². The third-order valence-corrected chi connectivity index (χ3v) is 1.79. The summed E-state index contributed by atoms with van der Waals surface area (Å²) in [6.07, 6.45) is -4.90. The first-order chi connectivity index (χ1) is 7.14. The van der Waals surface area contributed by atoms with Gasteiger partial charge >= 0.3 is 64.5 Å². The van der Waals surface area contributed by atoms with Gasteiger partial charge in [-0.25, -0.2) is 0 Å². The molecule has 0 saturated carbocycles. The third-order valence-electron chi connectivity index (χ3n) is 1.79. The van der Waals surface area contributed by atoms with E-state index in [4.69, 9.17) is 5.26 Å². The Morgan fingerprint density at radius 2 is 1.59 bits per heavy atom. The van der Waals surface area contributed by atoms with Crippen molar-refractivity contribution in [1.82, 2.24) is 0 Å². The summed E-state index contributed by atoms with van der Waals surface area (Å²) in [5, 5.41) is 8.34. The van der Waals surface area contributed by atoms with Crippen molar-refractivity contribution in [2.45, 2.75) is 6.18 Å². The van der Waals surface area contributed by atoms with Crippen molar-refractivity contribution in [3.05, 3.63) is 29.3 Å². The molecule has 1 nitrogen and oxygen atoms in total. The van der Waals surface area contributed by atoms with E-state index in [-0.39, 0.29) is 57.5 Å². The molecule has 0 amide bonds. The Bertz CT molecular complexity index is 415. The van der Waals surface area contributed by atoms with Crippen LogP contribution >= 0.6 is 0 Å². The van der Waals surface area contributed by atoms with Crippen molar-refractivity contribution in [2.24, 2.45) is 0 Å². The van der Waals surface area contributed by atoms with Gasteiger partial charge in [0.1, 0.15) is 0 Å². The van der Waals surface area contributed by atoms with Crippen LogP contribution in [0, 0.1) is 11.3 Å². The van der Waals surface area contributed by atoms with E-state index >= 15 is 0 Å². The minimum absolute atomic E-state index is 0. The summed E-state index contributed by atoms with van der Waals surface area (Å²) < 4.78 is 73.4. The molecule has 0 aliphatic carbocycles. The van der Waals surface area contributed by atoms with Gasteiger partial charge in [-0.05, 0) is 6.07 Å². The maximum Gasteiger partial charge on any atom is 1.00 e. The van der Waals surface area contributed by atoms with Crippen molar-refractivity contribution < 1.29 is 77.5 Å². The predicted octanol–water partition coefficient (Wildman–Crippen LogP) is -0.365. The Hall–Kier alpha value is -0.00870. The molecule has 0 radical (unpaired) electrons. The van der Waals surface area contributed by atoms with Crippen LogP contribution in [0.1, 0.15) is 11.1 Å². The SMILES string of the molecule is N#Cc1cc([B-](F)(F)F)cc(C(F)(F)F)c1.[K+]. The number of hydrogen-bond donors (Lipinski definition) is 0. The summed E-state index contributed by atoms with van der Waals surface area (Å²) in [6.45, 7) is -5.55. The minimum Gasteiger partial charge on any atom is -0.445 e. The predicted molar refractivity (Wildman–Crippen MR) is 44.9 cm³/mol. The first-order valence-corrected chi connectivity index (χ1v) is 3.97. The standard InChI is InChI=1S/C8H3BF6N.K/c10-8(11,12)6-1-5(4-16)2-7(3-6)9(13,14)15;/h1-3H;/q-1;+1. The maximum atomic E-state index is 12.3. The quantitative estimate of drug-likeness (QED) is 0.508.